The predicted molar refractivity (Wildman–Crippen MR) is 72.4 cm³/mol. The van der Waals surface area contributed by atoms with Crippen LogP contribution in [-0.2, 0) is 6.54 Å². The molecule has 1 heterocycles. The molecule has 19 heavy (non-hydrogen) atoms. The Kier molecular flexibility index (Phi) is 3.90. The van der Waals surface area contributed by atoms with Gasteiger partial charge < -0.3 is 0 Å². The first-order valence-corrected chi connectivity index (χ1v) is 6.12. The van der Waals surface area contributed by atoms with E-state index in [4.69, 9.17) is 0 Å². The van der Waals surface area contributed by atoms with Crippen molar-refractivity contribution in [2.45, 2.75) is 20.4 Å². The fraction of sp³-hybridized carbons (Fsp3) is 0.200. The lowest BCUT2D eigenvalue weighted by molar-refractivity contribution is 0.104. The van der Waals surface area contributed by atoms with E-state index in [0.29, 0.717) is 11.1 Å². The second kappa shape index (κ2) is 5.61. The molecule has 0 N–H and O–H groups in total. The van der Waals surface area contributed by atoms with Crippen LogP contribution in [0.3, 0.4) is 0 Å². The van der Waals surface area contributed by atoms with Gasteiger partial charge in [0.1, 0.15) is 5.82 Å². The Balaban J connectivity index is 2.19. The molecule has 0 aliphatic carbocycles. The molecule has 1 aromatic heterocycles. The summed E-state index contributed by atoms with van der Waals surface area (Å²) in [5.74, 6) is -0.439. The van der Waals surface area contributed by atoms with Crippen molar-refractivity contribution in [3.8, 4) is 0 Å². The third-order valence-corrected chi connectivity index (χ3v) is 2.94. The van der Waals surface area contributed by atoms with E-state index in [2.05, 4.69) is 5.10 Å². The van der Waals surface area contributed by atoms with Gasteiger partial charge in [-0.15, -0.1) is 0 Å². The highest BCUT2D eigenvalue weighted by Gasteiger charge is 2.10. The minimum absolute atomic E-state index is 0.124. The molecule has 0 saturated carbocycles. The van der Waals surface area contributed by atoms with Crippen LogP contribution >= 0.6 is 0 Å². The Bertz CT molecular complexity index is 629. The summed E-state index contributed by atoms with van der Waals surface area (Å²) >= 11 is 0. The van der Waals surface area contributed by atoms with Gasteiger partial charge in [0.25, 0.3) is 0 Å². The van der Waals surface area contributed by atoms with Gasteiger partial charge in [-0.2, -0.15) is 5.10 Å². The summed E-state index contributed by atoms with van der Waals surface area (Å²) in [6.45, 7) is 4.56. The van der Waals surface area contributed by atoms with Crippen LogP contribution in [0.1, 0.15) is 28.5 Å². The van der Waals surface area contributed by atoms with E-state index in [0.717, 1.165) is 12.2 Å². The largest absolute Gasteiger partial charge is 0.289 e. The van der Waals surface area contributed by atoms with Crippen molar-refractivity contribution in [2.24, 2.45) is 0 Å². The zero-order valence-electron chi connectivity index (χ0n) is 10.9. The van der Waals surface area contributed by atoms with Crippen molar-refractivity contribution in [3.05, 3.63) is 59.2 Å². The van der Waals surface area contributed by atoms with Crippen LogP contribution < -0.4 is 0 Å². The quantitative estimate of drug-likeness (QED) is 0.623. The molecule has 0 aliphatic rings. The number of hydrogen-bond acceptors (Lipinski definition) is 2. The second-order valence-electron chi connectivity index (χ2n) is 4.21. The Labute approximate surface area is 111 Å². The van der Waals surface area contributed by atoms with Crippen LogP contribution in [0.15, 0.2) is 36.5 Å². The minimum Gasteiger partial charge on any atom is -0.289 e. The molecule has 2 aromatic rings. The van der Waals surface area contributed by atoms with E-state index in [1.54, 1.807) is 29.1 Å². The standard InChI is InChI=1S/C15H15FN2O/c1-3-18-11(2)14(10-17-18)15(19)8-7-12-5-4-6-13(16)9-12/h4-10H,3H2,1-2H3. The number of carbonyl (C=O) groups excluding carboxylic acids is 1. The maximum absolute atomic E-state index is 13.0. The van der Waals surface area contributed by atoms with Gasteiger partial charge in [0.2, 0.25) is 0 Å². The number of hydrogen-bond donors (Lipinski definition) is 0. The van der Waals surface area contributed by atoms with E-state index in [1.807, 2.05) is 13.8 Å². The molecule has 0 unspecified atom stereocenters. The van der Waals surface area contributed by atoms with Crippen molar-refractivity contribution in [1.82, 2.24) is 9.78 Å². The zero-order chi connectivity index (χ0) is 13.8. The fourth-order valence-electron chi connectivity index (χ4n) is 1.88. The van der Waals surface area contributed by atoms with Gasteiger partial charge >= 0.3 is 0 Å². The lowest BCUT2D eigenvalue weighted by atomic mass is 10.1. The van der Waals surface area contributed by atoms with Crippen molar-refractivity contribution in [2.75, 3.05) is 0 Å². The smallest absolute Gasteiger partial charge is 0.189 e. The summed E-state index contributed by atoms with van der Waals surface area (Å²) in [6.07, 6.45) is 4.62. The fourth-order valence-corrected chi connectivity index (χ4v) is 1.88. The van der Waals surface area contributed by atoms with Gasteiger partial charge in [-0.3, -0.25) is 9.48 Å². The Morgan fingerprint density at radius 2 is 2.26 bits per heavy atom. The maximum Gasteiger partial charge on any atom is 0.189 e. The van der Waals surface area contributed by atoms with Gasteiger partial charge in [-0.1, -0.05) is 18.2 Å². The zero-order valence-corrected chi connectivity index (χ0v) is 10.9. The molecule has 0 amide bonds. The van der Waals surface area contributed by atoms with E-state index in [-0.39, 0.29) is 11.6 Å². The highest BCUT2D eigenvalue weighted by molar-refractivity contribution is 6.07. The van der Waals surface area contributed by atoms with Gasteiger partial charge in [0.05, 0.1) is 11.8 Å². The first-order chi connectivity index (χ1) is 9.11. The van der Waals surface area contributed by atoms with Crippen LogP contribution in [0.25, 0.3) is 6.08 Å². The van der Waals surface area contributed by atoms with Crippen LogP contribution in [0.5, 0.6) is 0 Å². The number of halogens is 1. The van der Waals surface area contributed by atoms with Gasteiger partial charge in [0, 0.05) is 12.2 Å². The topological polar surface area (TPSA) is 34.9 Å². The van der Waals surface area contributed by atoms with Crippen molar-refractivity contribution in [3.63, 3.8) is 0 Å². The molecule has 0 bridgehead atoms. The molecule has 98 valence electrons. The average molecular weight is 258 g/mol. The third kappa shape index (κ3) is 2.96. The Hall–Kier alpha value is -2.23. The number of nitrogens with zero attached hydrogens (tertiary/aromatic N) is 2. The van der Waals surface area contributed by atoms with Gasteiger partial charge in [0.15, 0.2) is 5.78 Å². The number of carbonyl (C=O) groups is 1. The molecule has 4 heteroatoms. The first-order valence-electron chi connectivity index (χ1n) is 6.12. The first kappa shape index (κ1) is 13.2. The van der Waals surface area contributed by atoms with E-state index >= 15 is 0 Å². The Morgan fingerprint density at radius 1 is 1.47 bits per heavy atom. The molecule has 2 rings (SSSR count). The summed E-state index contributed by atoms with van der Waals surface area (Å²) in [5.41, 5.74) is 2.08. The lowest BCUT2D eigenvalue weighted by Crippen LogP contribution is -2.01. The molecule has 0 saturated heterocycles. The average Bonchev–Trinajstić information content (AvgIpc) is 2.77. The summed E-state index contributed by atoms with van der Waals surface area (Å²) in [5, 5.41) is 4.13. The Morgan fingerprint density at radius 3 is 2.89 bits per heavy atom. The monoisotopic (exact) mass is 258 g/mol. The van der Waals surface area contributed by atoms with Crippen LogP contribution in [0, 0.1) is 12.7 Å². The van der Waals surface area contributed by atoms with Crippen molar-refractivity contribution in [1.29, 1.82) is 0 Å². The molecule has 0 radical (unpaired) electrons. The van der Waals surface area contributed by atoms with Gasteiger partial charge in [-0.25, -0.2) is 4.39 Å². The third-order valence-electron chi connectivity index (χ3n) is 2.94. The number of benzene rings is 1. The van der Waals surface area contributed by atoms with Crippen LogP contribution in [0.4, 0.5) is 4.39 Å². The normalized spacial score (nSPS) is 11.1. The van der Waals surface area contributed by atoms with Gasteiger partial charge in [-0.05, 0) is 37.6 Å². The highest BCUT2D eigenvalue weighted by Crippen LogP contribution is 2.11. The van der Waals surface area contributed by atoms with E-state index < -0.39 is 0 Å². The number of aromatic nitrogens is 2. The molecule has 0 aliphatic heterocycles. The summed E-state index contributed by atoms with van der Waals surface area (Å²) in [4.78, 5) is 12.0. The van der Waals surface area contributed by atoms with E-state index in [9.17, 15) is 9.18 Å². The number of allylic oxidation sites excluding steroid dienone is 1. The predicted octanol–water partition coefficient (Wildman–Crippen LogP) is 3.25. The highest BCUT2D eigenvalue weighted by atomic mass is 19.1. The molecule has 3 nitrogen and oxygen atoms in total. The lowest BCUT2D eigenvalue weighted by Gasteiger charge is -1.99. The van der Waals surface area contributed by atoms with Crippen molar-refractivity contribution >= 4 is 11.9 Å². The molecule has 1 aromatic carbocycles. The number of ketones is 1. The number of rotatable bonds is 4. The van der Waals surface area contributed by atoms with E-state index in [1.165, 1.54) is 18.2 Å². The van der Waals surface area contributed by atoms with Crippen LogP contribution in [0.2, 0.25) is 0 Å². The molecule has 0 spiro atoms. The SMILES string of the molecule is CCn1ncc(C(=O)C=Cc2cccc(F)c2)c1C. The molecule has 0 atom stereocenters. The molecular weight excluding hydrogens is 243 g/mol. The minimum atomic E-state index is -0.315. The molecular formula is C15H15FN2O. The summed E-state index contributed by atoms with van der Waals surface area (Å²) in [6, 6.07) is 6.11. The number of aryl methyl sites for hydroxylation is 1. The summed E-state index contributed by atoms with van der Waals surface area (Å²) < 4.78 is 14.8. The second-order valence-corrected chi connectivity index (χ2v) is 4.21. The van der Waals surface area contributed by atoms with Crippen LogP contribution in [-0.4, -0.2) is 15.6 Å². The van der Waals surface area contributed by atoms with Crippen molar-refractivity contribution < 1.29 is 9.18 Å². The maximum atomic E-state index is 13.0. The molecule has 0 fully saturated rings. The summed E-state index contributed by atoms with van der Waals surface area (Å²) in [7, 11) is 0.